The number of thiocarbonyl (C=S) groups is 1. The quantitative estimate of drug-likeness (QED) is 0.312. The molecule has 0 bridgehead atoms. The molecule has 9 heteroatoms. The average molecular weight is 478 g/mol. The highest BCUT2D eigenvalue weighted by Crippen LogP contribution is 2.40. The summed E-state index contributed by atoms with van der Waals surface area (Å²) in [5.41, 5.74) is 2.96. The van der Waals surface area contributed by atoms with Crippen molar-refractivity contribution in [2.24, 2.45) is 0 Å². The molecule has 1 fully saturated rings. The lowest BCUT2D eigenvalue weighted by Crippen LogP contribution is -2.31. The highest BCUT2D eigenvalue weighted by atomic mass is 32.1. The van der Waals surface area contributed by atoms with Crippen LogP contribution in [0, 0.1) is 0 Å². The van der Waals surface area contributed by atoms with Crippen LogP contribution in [0.15, 0.2) is 67.0 Å². The number of rotatable bonds is 7. The predicted molar refractivity (Wildman–Crippen MR) is 132 cm³/mol. The van der Waals surface area contributed by atoms with E-state index in [9.17, 15) is 4.79 Å². The number of nitrogens with one attached hydrogen (secondary N) is 1. The number of carbonyl (C=O) groups is 1. The molecule has 1 aliphatic rings. The van der Waals surface area contributed by atoms with Gasteiger partial charge in [0.15, 0.2) is 10.2 Å². The van der Waals surface area contributed by atoms with Gasteiger partial charge in [0.1, 0.15) is 0 Å². The summed E-state index contributed by atoms with van der Waals surface area (Å²) < 4.78 is 8.09. The highest BCUT2D eigenvalue weighted by molar-refractivity contribution is 7.80. The number of pyridine rings is 1. The van der Waals surface area contributed by atoms with Crippen molar-refractivity contribution in [2.75, 3.05) is 13.7 Å². The van der Waals surface area contributed by atoms with Crippen molar-refractivity contribution in [3.8, 4) is 5.13 Å². The van der Waals surface area contributed by atoms with E-state index in [1.165, 1.54) is 7.11 Å². The number of thiazole rings is 1. The fraction of sp³-hybridized carbons (Fsp3) is 0.250. The molecule has 5 rings (SSSR count). The Kier molecular flexibility index (Phi) is 6.06. The number of esters is 1. The van der Waals surface area contributed by atoms with Crippen LogP contribution in [0.25, 0.3) is 15.3 Å². The van der Waals surface area contributed by atoms with E-state index in [4.69, 9.17) is 21.9 Å². The monoisotopic (exact) mass is 477 g/mol. The molecule has 1 N–H and O–H groups in total. The van der Waals surface area contributed by atoms with Crippen LogP contribution < -0.4 is 5.32 Å². The Hall–Kier alpha value is -3.30. The van der Waals surface area contributed by atoms with E-state index >= 15 is 0 Å². The van der Waals surface area contributed by atoms with Crippen molar-refractivity contribution >= 4 is 44.9 Å². The van der Waals surface area contributed by atoms with Gasteiger partial charge in [0.25, 0.3) is 0 Å². The van der Waals surface area contributed by atoms with Gasteiger partial charge in [0.2, 0.25) is 0 Å². The van der Waals surface area contributed by atoms with Gasteiger partial charge in [-0.05, 0) is 55.0 Å². The van der Waals surface area contributed by atoms with Crippen molar-refractivity contribution in [2.45, 2.75) is 24.9 Å². The van der Waals surface area contributed by atoms with Crippen LogP contribution in [0.4, 0.5) is 0 Å². The Morgan fingerprint density at radius 2 is 2.03 bits per heavy atom. The molecule has 1 aliphatic heterocycles. The summed E-state index contributed by atoms with van der Waals surface area (Å²) in [6.07, 6.45) is 4.82. The number of benzene rings is 1. The lowest BCUT2D eigenvalue weighted by Gasteiger charge is -2.28. The highest BCUT2D eigenvalue weighted by Gasteiger charge is 2.41. The lowest BCUT2D eigenvalue weighted by atomic mass is 10.0. The SMILES string of the molecule is COC(=O)CCCN1C(=S)N[C@H](c2ccccn2)[C@H]1c1cccn1-c1nc2ccccc2s1. The lowest BCUT2D eigenvalue weighted by molar-refractivity contribution is -0.140. The van der Waals surface area contributed by atoms with Gasteiger partial charge in [0.05, 0.1) is 40.8 Å². The maximum absolute atomic E-state index is 11.7. The van der Waals surface area contributed by atoms with Gasteiger partial charge in [-0.3, -0.25) is 14.3 Å². The van der Waals surface area contributed by atoms with Crippen molar-refractivity contribution in [1.29, 1.82) is 0 Å². The fourth-order valence-corrected chi connectivity index (χ4v) is 5.54. The van der Waals surface area contributed by atoms with Crippen LogP contribution in [0.2, 0.25) is 0 Å². The first-order valence-electron chi connectivity index (χ1n) is 10.7. The average Bonchev–Trinajstić information content (AvgIpc) is 3.56. The number of hydrogen-bond donors (Lipinski definition) is 1. The molecule has 1 aromatic carbocycles. The summed E-state index contributed by atoms with van der Waals surface area (Å²) >= 11 is 7.39. The molecular formula is C24H23N5O2S2. The van der Waals surface area contributed by atoms with Gasteiger partial charge in [-0.15, -0.1) is 0 Å². The minimum atomic E-state index is -0.219. The van der Waals surface area contributed by atoms with Gasteiger partial charge in [-0.1, -0.05) is 29.5 Å². The zero-order valence-corrected chi connectivity index (χ0v) is 19.7. The minimum absolute atomic E-state index is 0.105. The van der Waals surface area contributed by atoms with Crippen LogP contribution in [-0.4, -0.2) is 44.2 Å². The molecule has 3 aromatic heterocycles. The van der Waals surface area contributed by atoms with Gasteiger partial charge in [-0.2, -0.15) is 0 Å². The first kappa shape index (κ1) is 21.5. The molecule has 0 unspecified atom stereocenters. The second kappa shape index (κ2) is 9.29. The Morgan fingerprint density at radius 1 is 1.18 bits per heavy atom. The molecule has 0 amide bonds. The number of aromatic nitrogens is 3. The molecule has 4 aromatic rings. The Balaban J connectivity index is 1.53. The minimum Gasteiger partial charge on any atom is -0.469 e. The maximum Gasteiger partial charge on any atom is 0.305 e. The summed E-state index contributed by atoms with van der Waals surface area (Å²) in [5.74, 6) is -0.219. The number of para-hydroxylation sites is 1. The number of fused-ring (bicyclic) bond motifs is 1. The Morgan fingerprint density at radius 3 is 2.82 bits per heavy atom. The smallest absolute Gasteiger partial charge is 0.305 e. The number of hydrogen-bond acceptors (Lipinski definition) is 6. The number of carbonyl (C=O) groups excluding carboxylic acids is 1. The number of methoxy groups -OCH3 is 1. The first-order valence-corrected chi connectivity index (χ1v) is 12.0. The molecule has 4 heterocycles. The summed E-state index contributed by atoms with van der Waals surface area (Å²) in [6.45, 7) is 0.625. The molecule has 2 atom stereocenters. The molecule has 0 spiro atoms. The first-order chi connectivity index (χ1) is 16.2. The van der Waals surface area contributed by atoms with Crippen molar-refractivity contribution in [3.63, 3.8) is 0 Å². The predicted octanol–water partition coefficient (Wildman–Crippen LogP) is 4.41. The molecule has 0 saturated carbocycles. The van der Waals surface area contributed by atoms with Crippen molar-refractivity contribution in [1.82, 2.24) is 24.8 Å². The standard InChI is InChI=1S/C24H23N5O2S2/c1-31-20(30)12-7-15-29-22(21(27-23(29)32)17-9-4-5-13-25-17)18-10-6-14-28(18)24-26-16-8-2-3-11-19(16)33-24/h2-6,8-11,13-14,21-22H,7,12,15H2,1H3,(H,27,32)/t21-,22-/m1/s1. The van der Waals surface area contributed by atoms with E-state index in [1.54, 1.807) is 17.5 Å². The molecular weight excluding hydrogens is 454 g/mol. The molecule has 7 nitrogen and oxygen atoms in total. The maximum atomic E-state index is 11.7. The third-order valence-electron chi connectivity index (χ3n) is 5.78. The third-order valence-corrected chi connectivity index (χ3v) is 7.17. The van der Waals surface area contributed by atoms with E-state index in [2.05, 4.69) is 31.9 Å². The second-order valence-electron chi connectivity index (χ2n) is 7.77. The van der Waals surface area contributed by atoms with E-state index in [1.807, 2.05) is 48.7 Å². The van der Waals surface area contributed by atoms with E-state index in [-0.39, 0.29) is 18.1 Å². The van der Waals surface area contributed by atoms with Crippen LogP contribution in [0.5, 0.6) is 0 Å². The Labute approximate surface area is 201 Å². The molecule has 0 aliphatic carbocycles. The van der Waals surface area contributed by atoms with Crippen molar-refractivity contribution in [3.05, 3.63) is 78.4 Å². The molecule has 168 valence electrons. The zero-order chi connectivity index (χ0) is 22.8. The van der Waals surface area contributed by atoms with Crippen LogP contribution >= 0.6 is 23.6 Å². The van der Waals surface area contributed by atoms with Crippen LogP contribution in [-0.2, 0) is 9.53 Å². The van der Waals surface area contributed by atoms with E-state index in [0.29, 0.717) is 24.5 Å². The normalized spacial score (nSPS) is 18.0. The van der Waals surface area contributed by atoms with Crippen LogP contribution in [0.3, 0.4) is 0 Å². The van der Waals surface area contributed by atoms with E-state index in [0.717, 1.165) is 26.7 Å². The van der Waals surface area contributed by atoms with Gasteiger partial charge in [0, 0.05) is 25.4 Å². The molecule has 1 saturated heterocycles. The van der Waals surface area contributed by atoms with Gasteiger partial charge >= 0.3 is 5.97 Å². The van der Waals surface area contributed by atoms with Crippen molar-refractivity contribution < 1.29 is 9.53 Å². The van der Waals surface area contributed by atoms with Gasteiger partial charge < -0.3 is 15.0 Å². The summed E-state index contributed by atoms with van der Waals surface area (Å²) in [7, 11) is 1.41. The van der Waals surface area contributed by atoms with Crippen LogP contribution in [0.1, 0.15) is 36.3 Å². The third kappa shape index (κ3) is 4.21. The Bertz CT molecular complexity index is 1250. The van der Waals surface area contributed by atoms with E-state index < -0.39 is 0 Å². The summed E-state index contributed by atoms with van der Waals surface area (Å²) in [4.78, 5) is 23.3. The summed E-state index contributed by atoms with van der Waals surface area (Å²) in [5, 5.41) is 5.02. The second-order valence-corrected chi connectivity index (χ2v) is 9.16. The molecule has 0 radical (unpaired) electrons. The topological polar surface area (TPSA) is 72.3 Å². The largest absolute Gasteiger partial charge is 0.469 e. The fourth-order valence-electron chi connectivity index (χ4n) is 4.24. The molecule has 33 heavy (non-hydrogen) atoms. The zero-order valence-electron chi connectivity index (χ0n) is 18.0. The van der Waals surface area contributed by atoms with Gasteiger partial charge in [-0.25, -0.2) is 4.98 Å². The number of ether oxygens (including phenoxy) is 1. The number of nitrogens with zero attached hydrogens (tertiary/aromatic N) is 4. The summed E-state index contributed by atoms with van der Waals surface area (Å²) in [6, 6.07) is 18.0.